The Kier molecular flexibility index (Phi) is 3.81. The molecule has 2 aliphatic heterocycles. The molecule has 8 nitrogen and oxygen atoms in total. The van der Waals surface area contributed by atoms with E-state index in [2.05, 4.69) is 15.5 Å². The summed E-state index contributed by atoms with van der Waals surface area (Å²) in [4.78, 5) is 14.5. The van der Waals surface area contributed by atoms with Crippen LogP contribution in [0.5, 0.6) is 11.5 Å². The predicted molar refractivity (Wildman–Crippen MR) is 98.1 cm³/mol. The molecule has 1 N–H and O–H groups in total. The Morgan fingerprint density at radius 2 is 1.96 bits per heavy atom. The van der Waals surface area contributed by atoms with Crippen molar-refractivity contribution in [2.45, 2.75) is 18.8 Å². The number of hydrogen-bond acceptors (Lipinski definition) is 5. The van der Waals surface area contributed by atoms with Crippen molar-refractivity contribution in [3.63, 3.8) is 0 Å². The highest BCUT2D eigenvalue weighted by Crippen LogP contribution is 2.39. The van der Waals surface area contributed by atoms with Gasteiger partial charge in [0, 0.05) is 25.2 Å². The molecule has 0 radical (unpaired) electrons. The number of benzene rings is 1. The molecule has 2 aliphatic rings. The molecule has 8 heteroatoms. The van der Waals surface area contributed by atoms with E-state index < -0.39 is 0 Å². The van der Waals surface area contributed by atoms with E-state index in [0.29, 0.717) is 36.2 Å². The average Bonchev–Trinajstić information content (AvgIpc) is 3.36. The van der Waals surface area contributed by atoms with Crippen LogP contribution in [0.4, 0.5) is 10.5 Å². The van der Waals surface area contributed by atoms with Gasteiger partial charge in [-0.15, -0.1) is 10.2 Å². The molecular weight excluding hydrogens is 346 g/mol. The van der Waals surface area contributed by atoms with Crippen molar-refractivity contribution in [2.75, 3.05) is 25.2 Å². The Balaban J connectivity index is 1.25. The molecule has 0 saturated carbocycles. The summed E-state index contributed by atoms with van der Waals surface area (Å²) in [6, 6.07) is 11.2. The standard InChI is InChI=1S/C19H19N5O3/c25-19(20-14-4-3-5-15-17(14)27-12-26-15)23-10-7-13(8-11-23)18-22-21-16-6-1-2-9-24(16)18/h1-6,9,13H,7-8,10-12H2,(H,20,25). The second-order valence-corrected chi connectivity index (χ2v) is 6.72. The maximum absolute atomic E-state index is 12.7. The maximum Gasteiger partial charge on any atom is 0.321 e. The van der Waals surface area contributed by atoms with Crippen LogP contribution >= 0.6 is 0 Å². The van der Waals surface area contributed by atoms with Crippen LogP contribution in [0.2, 0.25) is 0 Å². The van der Waals surface area contributed by atoms with Crippen LogP contribution in [0.3, 0.4) is 0 Å². The van der Waals surface area contributed by atoms with Crippen molar-refractivity contribution >= 4 is 17.4 Å². The van der Waals surface area contributed by atoms with E-state index in [-0.39, 0.29) is 12.8 Å². The van der Waals surface area contributed by atoms with E-state index in [9.17, 15) is 4.79 Å². The summed E-state index contributed by atoms with van der Waals surface area (Å²) >= 11 is 0. The highest BCUT2D eigenvalue weighted by atomic mass is 16.7. The van der Waals surface area contributed by atoms with Crippen molar-refractivity contribution in [1.29, 1.82) is 0 Å². The lowest BCUT2D eigenvalue weighted by atomic mass is 9.96. The van der Waals surface area contributed by atoms with Crippen LogP contribution in [0.25, 0.3) is 5.65 Å². The third-order valence-corrected chi connectivity index (χ3v) is 5.13. The predicted octanol–water partition coefficient (Wildman–Crippen LogP) is 2.87. The number of carbonyl (C=O) groups excluding carboxylic acids is 1. The average molecular weight is 365 g/mol. The smallest absolute Gasteiger partial charge is 0.321 e. The van der Waals surface area contributed by atoms with Crippen LogP contribution in [-0.4, -0.2) is 45.4 Å². The van der Waals surface area contributed by atoms with Gasteiger partial charge in [-0.1, -0.05) is 12.1 Å². The van der Waals surface area contributed by atoms with Crippen molar-refractivity contribution < 1.29 is 14.3 Å². The molecule has 1 fully saturated rings. The normalized spacial score (nSPS) is 16.7. The minimum Gasteiger partial charge on any atom is -0.454 e. The number of rotatable bonds is 2. The Morgan fingerprint density at radius 3 is 2.85 bits per heavy atom. The Morgan fingerprint density at radius 1 is 1.07 bits per heavy atom. The van der Waals surface area contributed by atoms with Crippen LogP contribution in [0.1, 0.15) is 24.6 Å². The highest BCUT2D eigenvalue weighted by Gasteiger charge is 2.28. The number of piperidine rings is 1. The highest BCUT2D eigenvalue weighted by molar-refractivity contribution is 5.91. The number of ether oxygens (including phenoxy) is 2. The summed E-state index contributed by atoms with van der Waals surface area (Å²) < 4.78 is 12.8. The first-order valence-corrected chi connectivity index (χ1v) is 9.04. The van der Waals surface area contributed by atoms with Gasteiger partial charge < -0.3 is 19.7 Å². The largest absolute Gasteiger partial charge is 0.454 e. The lowest BCUT2D eigenvalue weighted by Gasteiger charge is -2.31. The quantitative estimate of drug-likeness (QED) is 0.755. The minimum absolute atomic E-state index is 0.122. The number of likely N-dealkylation sites (tertiary alicyclic amines) is 1. The summed E-state index contributed by atoms with van der Waals surface area (Å²) in [7, 11) is 0. The second-order valence-electron chi connectivity index (χ2n) is 6.72. The Hall–Kier alpha value is -3.29. The number of anilines is 1. The Labute approximate surface area is 155 Å². The molecule has 1 aromatic carbocycles. The lowest BCUT2D eigenvalue weighted by Crippen LogP contribution is -2.40. The van der Waals surface area contributed by atoms with Crippen molar-refractivity contribution in [2.24, 2.45) is 0 Å². The molecule has 4 heterocycles. The van der Waals surface area contributed by atoms with E-state index in [1.807, 2.05) is 51.9 Å². The molecule has 0 aliphatic carbocycles. The number of amides is 2. The number of aromatic nitrogens is 3. The molecule has 27 heavy (non-hydrogen) atoms. The number of nitrogens with zero attached hydrogens (tertiary/aromatic N) is 4. The van der Waals surface area contributed by atoms with Crippen molar-refractivity contribution in [1.82, 2.24) is 19.5 Å². The first kappa shape index (κ1) is 15.9. The fourth-order valence-electron chi connectivity index (χ4n) is 3.70. The van der Waals surface area contributed by atoms with E-state index in [1.54, 1.807) is 0 Å². The second kappa shape index (κ2) is 6.46. The first-order chi connectivity index (χ1) is 13.3. The molecule has 0 atom stereocenters. The van der Waals surface area contributed by atoms with E-state index in [1.165, 1.54) is 0 Å². The van der Waals surface area contributed by atoms with E-state index in [4.69, 9.17) is 9.47 Å². The van der Waals surface area contributed by atoms with E-state index >= 15 is 0 Å². The molecule has 2 aromatic heterocycles. The zero-order valence-corrected chi connectivity index (χ0v) is 14.7. The van der Waals surface area contributed by atoms with Crippen LogP contribution < -0.4 is 14.8 Å². The molecule has 2 amide bonds. The van der Waals surface area contributed by atoms with Gasteiger partial charge in [-0.05, 0) is 37.1 Å². The van der Waals surface area contributed by atoms with Gasteiger partial charge in [-0.25, -0.2) is 4.79 Å². The number of pyridine rings is 1. The molecule has 0 bridgehead atoms. The molecular formula is C19H19N5O3. The van der Waals surface area contributed by atoms with Gasteiger partial charge in [-0.2, -0.15) is 0 Å². The number of carbonyl (C=O) groups is 1. The third kappa shape index (κ3) is 2.83. The molecule has 0 spiro atoms. The van der Waals surface area contributed by atoms with Gasteiger partial charge in [0.15, 0.2) is 17.1 Å². The lowest BCUT2D eigenvalue weighted by molar-refractivity contribution is 0.174. The zero-order valence-electron chi connectivity index (χ0n) is 14.7. The van der Waals surface area contributed by atoms with Gasteiger partial charge in [0.1, 0.15) is 5.82 Å². The maximum atomic E-state index is 12.7. The summed E-state index contributed by atoms with van der Waals surface area (Å²) in [6.45, 7) is 1.52. The number of hydrogen-bond donors (Lipinski definition) is 1. The first-order valence-electron chi connectivity index (χ1n) is 9.04. The Bertz CT molecular complexity index is 994. The van der Waals surface area contributed by atoms with Gasteiger partial charge in [-0.3, -0.25) is 4.40 Å². The van der Waals surface area contributed by atoms with Crippen LogP contribution in [0.15, 0.2) is 42.6 Å². The molecule has 138 valence electrons. The van der Waals surface area contributed by atoms with Gasteiger partial charge in [0.25, 0.3) is 0 Å². The topological polar surface area (TPSA) is 81.0 Å². The van der Waals surface area contributed by atoms with Crippen LogP contribution in [-0.2, 0) is 0 Å². The van der Waals surface area contributed by atoms with Gasteiger partial charge >= 0.3 is 6.03 Å². The van der Waals surface area contributed by atoms with Crippen LogP contribution in [0, 0.1) is 0 Å². The van der Waals surface area contributed by atoms with Gasteiger partial charge in [0.2, 0.25) is 6.79 Å². The van der Waals surface area contributed by atoms with Crippen molar-refractivity contribution in [3.05, 3.63) is 48.4 Å². The summed E-state index contributed by atoms with van der Waals surface area (Å²) in [6.07, 6.45) is 3.70. The zero-order chi connectivity index (χ0) is 18.2. The number of nitrogens with one attached hydrogen (secondary N) is 1. The molecule has 0 unspecified atom stereocenters. The van der Waals surface area contributed by atoms with Gasteiger partial charge in [0.05, 0.1) is 5.69 Å². The monoisotopic (exact) mass is 365 g/mol. The molecule has 3 aromatic rings. The summed E-state index contributed by atoms with van der Waals surface area (Å²) in [5.74, 6) is 2.52. The molecule has 1 saturated heterocycles. The fraction of sp³-hybridized carbons (Fsp3) is 0.316. The number of para-hydroxylation sites is 1. The number of fused-ring (bicyclic) bond motifs is 2. The SMILES string of the molecule is O=C(Nc1cccc2c1OCO2)N1CCC(c2nnc3ccccn23)CC1. The summed E-state index contributed by atoms with van der Waals surface area (Å²) in [5.41, 5.74) is 1.49. The van der Waals surface area contributed by atoms with E-state index in [0.717, 1.165) is 24.3 Å². The van der Waals surface area contributed by atoms with Crippen molar-refractivity contribution in [3.8, 4) is 11.5 Å². The number of urea groups is 1. The summed E-state index contributed by atoms with van der Waals surface area (Å²) in [5, 5.41) is 11.5. The molecule has 5 rings (SSSR count). The third-order valence-electron chi connectivity index (χ3n) is 5.13. The minimum atomic E-state index is -0.122. The fourth-order valence-corrected chi connectivity index (χ4v) is 3.70.